The first kappa shape index (κ1) is 12.8. The second-order valence-electron chi connectivity index (χ2n) is 4.59. The molecule has 1 aromatic heterocycles. The molecular weight excluding hydrogens is 233 g/mol. The zero-order chi connectivity index (χ0) is 13.1. The average molecular weight is 251 g/mol. The van der Waals surface area contributed by atoms with E-state index in [9.17, 15) is 9.18 Å². The van der Waals surface area contributed by atoms with Gasteiger partial charge in [-0.3, -0.25) is 4.79 Å². The Bertz CT molecular complexity index is 450. The number of pyridine rings is 1. The monoisotopic (exact) mass is 251 g/mol. The van der Waals surface area contributed by atoms with E-state index in [1.54, 1.807) is 11.9 Å². The number of halogens is 1. The normalized spacial score (nSPS) is 19.1. The first-order valence-electron chi connectivity index (χ1n) is 6.28. The highest BCUT2D eigenvalue weighted by atomic mass is 19.1. The Balaban J connectivity index is 2.19. The Morgan fingerprint density at radius 3 is 3.06 bits per heavy atom. The molecule has 1 aliphatic rings. The number of anilines is 1. The number of nitrogens with zero attached hydrogens (tertiary/aromatic N) is 2. The standard InChI is InChI=1S/C13H18FN3O/c1-3-9-5-7-17(8-9)13(18)10-4-6-16-12(15-2)11(10)14/h4,6,9H,3,5,7-8H2,1-2H3,(H,15,16). The van der Waals surface area contributed by atoms with Gasteiger partial charge in [0.25, 0.3) is 5.91 Å². The van der Waals surface area contributed by atoms with Crippen LogP contribution in [0.25, 0.3) is 0 Å². The molecule has 0 radical (unpaired) electrons. The summed E-state index contributed by atoms with van der Waals surface area (Å²) in [5.41, 5.74) is 0.103. The quantitative estimate of drug-likeness (QED) is 0.895. The van der Waals surface area contributed by atoms with E-state index in [1.807, 2.05) is 0 Å². The summed E-state index contributed by atoms with van der Waals surface area (Å²) in [6, 6.07) is 1.44. The fourth-order valence-electron chi connectivity index (χ4n) is 2.30. The summed E-state index contributed by atoms with van der Waals surface area (Å²) in [7, 11) is 1.59. The van der Waals surface area contributed by atoms with Crippen LogP contribution < -0.4 is 5.32 Å². The van der Waals surface area contributed by atoms with Crippen LogP contribution in [-0.2, 0) is 0 Å². The van der Waals surface area contributed by atoms with Crippen molar-refractivity contribution in [1.29, 1.82) is 0 Å². The number of hydrogen-bond donors (Lipinski definition) is 1. The van der Waals surface area contributed by atoms with Crippen LogP contribution in [0, 0.1) is 11.7 Å². The van der Waals surface area contributed by atoms with Crippen molar-refractivity contribution in [1.82, 2.24) is 9.88 Å². The summed E-state index contributed by atoms with van der Waals surface area (Å²) in [5, 5.41) is 2.64. The molecule has 1 saturated heterocycles. The average Bonchev–Trinajstić information content (AvgIpc) is 2.87. The number of carbonyl (C=O) groups is 1. The number of hydrogen-bond acceptors (Lipinski definition) is 3. The molecule has 0 saturated carbocycles. The van der Waals surface area contributed by atoms with Gasteiger partial charge in [-0.1, -0.05) is 13.3 Å². The molecule has 98 valence electrons. The van der Waals surface area contributed by atoms with Gasteiger partial charge < -0.3 is 10.2 Å². The molecule has 1 N–H and O–H groups in total. The van der Waals surface area contributed by atoms with Crippen LogP contribution in [0.4, 0.5) is 10.2 Å². The van der Waals surface area contributed by atoms with Gasteiger partial charge in [-0.15, -0.1) is 0 Å². The van der Waals surface area contributed by atoms with E-state index in [1.165, 1.54) is 12.3 Å². The topological polar surface area (TPSA) is 45.2 Å². The molecule has 0 aromatic carbocycles. The van der Waals surface area contributed by atoms with Crippen molar-refractivity contribution in [3.8, 4) is 0 Å². The van der Waals surface area contributed by atoms with Crippen molar-refractivity contribution in [3.05, 3.63) is 23.6 Å². The highest BCUT2D eigenvalue weighted by molar-refractivity contribution is 5.95. The van der Waals surface area contributed by atoms with Gasteiger partial charge in [0.2, 0.25) is 0 Å². The minimum absolute atomic E-state index is 0.103. The molecule has 2 heterocycles. The Kier molecular flexibility index (Phi) is 3.79. The van der Waals surface area contributed by atoms with Crippen LogP contribution in [0.3, 0.4) is 0 Å². The smallest absolute Gasteiger partial charge is 0.257 e. The van der Waals surface area contributed by atoms with Gasteiger partial charge in [0, 0.05) is 26.3 Å². The lowest BCUT2D eigenvalue weighted by Crippen LogP contribution is -2.29. The van der Waals surface area contributed by atoms with Gasteiger partial charge in [0.15, 0.2) is 11.6 Å². The number of nitrogens with one attached hydrogen (secondary N) is 1. The van der Waals surface area contributed by atoms with Crippen LogP contribution in [-0.4, -0.2) is 35.9 Å². The molecule has 4 nitrogen and oxygen atoms in total. The van der Waals surface area contributed by atoms with Crippen molar-refractivity contribution < 1.29 is 9.18 Å². The fraction of sp³-hybridized carbons (Fsp3) is 0.538. The van der Waals surface area contributed by atoms with Crippen molar-refractivity contribution >= 4 is 11.7 Å². The van der Waals surface area contributed by atoms with Crippen LogP contribution in [0.2, 0.25) is 0 Å². The van der Waals surface area contributed by atoms with Crippen LogP contribution in [0.15, 0.2) is 12.3 Å². The minimum atomic E-state index is -0.565. The van der Waals surface area contributed by atoms with Gasteiger partial charge in [-0.05, 0) is 18.4 Å². The van der Waals surface area contributed by atoms with E-state index in [2.05, 4.69) is 17.2 Å². The second-order valence-corrected chi connectivity index (χ2v) is 4.59. The van der Waals surface area contributed by atoms with Crippen LogP contribution >= 0.6 is 0 Å². The van der Waals surface area contributed by atoms with Gasteiger partial charge in [-0.25, -0.2) is 9.37 Å². The highest BCUT2D eigenvalue weighted by Gasteiger charge is 2.28. The van der Waals surface area contributed by atoms with Gasteiger partial charge >= 0.3 is 0 Å². The number of likely N-dealkylation sites (tertiary alicyclic amines) is 1. The van der Waals surface area contributed by atoms with Crippen molar-refractivity contribution in [3.63, 3.8) is 0 Å². The van der Waals surface area contributed by atoms with E-state index >= 15 is 0 Å². The van der Waals surface area contributed by atoms with E-state index in [-0.39, 0.29) is 17.3 Å². The lowest BCUT2D eigenvalue weighted by Gasteiger charge is -2.17. The van der Waals surface area contributed by atoms with Crippen molar-refractivity contribution in [2.24, 2.45) is 5.92 Å². The Morgan fingerprint density at radius 2 is 2.44 bits per heavy atom. The van der Waals surface area contributed by atoms with E-state index < -0.39 is 5.82 Å². The molecule has 0 bridgehead atoms. The van der Waals surface area contributed by atoms with Gasteiger partial charge in [0.05, 0.1) is 5.56 Å². The van der Waals surface area contributed by atoms with E-state index in [4.69, 9.17) is 0 Å². The van der Waals surface area contributed by atoms with E-state index in [0.717, 1.165) is 19.4 Å². The summed E-state index contributed by atoms with van der Waals surface area (Å²) in [5.74, 6) is -0.137. The molecule has 0 aliphatic carbocycles. The van der Waals surface area contributed by atoms with Gasteiger partial charge in [-0.2, -0.15) is 0 Å². The molecule has 2 rings (SSSR count). The maximum Gasteiger partial charge on any atom is 0.257 e. The lowest BCUT2D eigenvalue weighted by molar-refractivity contribution is 0.0782. The predicted molar refractivity (Wildman–Crippen MR) is 68.0 cm³/mol. The van der Waals surface area contributed by atoms with Gasteiger partial charge in [0.1, 0.15) is 0 Å². The van der Waals surface area contributed by atoms with Crippen molar-refractivity contribution in [2.75, 3.05) is 25.5 Å². The SMILES string of the molecule is CCC1CCN(C(=O)c2ccnc(NC)c2F)C1. The first-order chi connectivity index (χ1) is 8.67. The molecular formula is C13H18FN3O. The molecule has 1 atom stereocenters. The minimum Gasteiger partial charge on any atom is -0.371 e. The zero-order valence-electron chi connectivity index (χ0n) is 10.7. The third kappa shape index (κ3) is 2.30. The summed E-state index contributed by atoms with van der Waals surface area (Å²) in [4.78, 5) is 17.8. The molecule has 1 fully saturated rings. The number of carbonyl (C=O) groups excluding carboxylic acids is 1. The summed E-state index contributed by atoms with van der Waals surface area (Å²) < 4.78 is 14.0. The largest absolute Gasteiger partial charge is 0.371 e. The van der Waals surface area contributed by atoms with E-state index in [0.29, 0.717) is 12.5 Å². The molecule has 5 heteroatoms. The number of aromatic nitrogens is 1. The molecule has 18 heavy (non-hydrogen) atoms. The highest BCUT2D eigenvalue weighted by Crippen LogP contribution is 2.23. The Morgan fingerprint density at radius 1 is 1.67 bits per heavy atom. The molecule has 1 unspecified atom stereocenters. The summed E-state index contributed by atoms with van der Waals surface area (Å²) in [6.45, 7) is 3.56. The third-order valence-corrected chi connectivity index (χ3v) is 3.51. The Labute approximate surface area is 106 Å². The molecule has 1 aliphatic heterocycles. The Hall–Kier alpha value is -1.65. The van der Waals surface area contributed by atoms with Crippen LogP contribution in [0.1, 0.15) is 30.1 Å². The lowest BCUT2D eigenvalue weighted by atomic mass is 10.1. The maximum absolute atomic E-state index is 14.0. The van der Waals surface area contributed by atoms with Crippen LogP contribution in [0.5, 0.6) is 0 Å². The third-order valence-electron chi connectivity index (χ3n) is 3.51. The first-order valence-corrected chi connectivity index (χ1v) is 6.28. The maximum atomic E-state index is 14.0. The number of rotatable bonds is 3. The molecule has 1 aromatic rings. The summed E-state index contributed by atoms with van der Waals surface area (Å²) >= 11 is 0. The summed E-state index contributed by atoms with van der Waals surface area (Å²) in [6.07, 6.45) is 3.52. The molecule has 1 amide bonds. The van der Waals surface area contributed by atoms with Crippen molar-refractivity contribution in [2.45, 2.75) is 19.8 Å². The molecule has 0 spiro atoms. The zero-order valence-corrected chi connectivity index (χ0v) is 10.7. The number of amides is 1. The second kappa shape index (κ2) is 5.33. The fourth-order valence-corrected chi connectivity index (χ4v) is 2.30. The predicted octanol–water partition coefficient (Wildman–Crippen LogP) is 2.13.